The fraction of sp³-hybridized carbons (Fsp3) is 0.571. The second-order valence-electron chi connectivity index (χ2n) is 4.56. The van der Waals surface area contributed by atoms with E-state index in [1.54, 1.807) is 12.1 Å². The van der Waals surface area contributed by atoms with Gasteiger partial charge in [-0.15, -0.1) is 0 Å². The molecule has 0 radical (unpaired) electrons. The van der Waals surface area contributed by atoms with Crippen LogP contribution in [0.1, 0.15) is 33.6 Å². The first-order valence-corrected chi connectivity index (χ1v) is 6.34. The first-order chi connectivity index (χ1) is 8.04. The maximum absolute atomic E-state index is 13.2. The molecule has 0 atom stereocenters. The molecule has 0 fully saturated rings. The number of hydrogen-bond acceptors (Lipinski definition) is 2. The van der Waals surface area contributed by atoms with Gasteiger partial charge in [0.1, 0.15) is 5.82 Å². The van der Waals surface area contributed by atoms with Gasteiger partial charge in [0.15, 0.2) is 0 Å². The van der Waals surface area contributed by atoms with Crippen molar-refractivity contribution >= 4 is 5.69 Å². The zero-order valence-electron chi connectivity index (χ0n) is 11.0. The van der Waals surface area contributed by atoms with E-state index < -0.39 is 0 Å². The molecule has 2 N–H and O–H groups in total. The van der Waals surface area contributed by atoms with Crippen molar-refractivity contribution in [3.05, 3.63) is 30.1 Å². The van der Waals surface area contributed by atoms with Crippen molar-refractivity contribution in [3.8, 4) is 0 Å². The van der Waals surface area contributed by atoms with E-state index in [9.17, 15) is 4.39 Å². The minimum Gasteiger partial charge on any atom is -0.370 e. The monoisotopic (exact) mass is 238 g/mol. The number of rotatable bonds is 6. The van der Waals surface area contributed by atoms with Gasteiger partial charge in [0.2, 0.25) is 0 Å². The molecule has 0 heterocycles. The summed E-state index contributed by atoms with van der Waals surface area (Å²) >= 11 is 0. The standard InChI is InChI=1S/C14H23FN2/c1-4-14(16,5-2)11-17(6-3)13-9-7-8-12(15)10-13/h7-10H,4-6,11,16H2,1-3H3. The lowest BCUT2D eigenvalue weighted by atomic mass is 9.93. The molecule has 96 valence electrons. The Balaban J connectivity index is 2.85. The molecule has 1 aromatic rings. The molecule has 3 heteroatoms. The van der Waals surface area contributed by atoms with E-state index in [4.69, 9.17) is 5.73 Å². The van der Waals surface area contributed by atoms with Gasteiger partial charge < -0.3 is 10.6 Å². The van der Waals surface area contributed by atoms with Crippen LogP contribution in [0.25, 0.3) is 0 Å². The molecule has 0 unspecified atom stereocenters. The third kappa shape index (κ3) is 3.70. The number of halogens is 1. The highest BCUT2D eigenvalue weighted by Crippen LogP contribution is 2.20. The number of likely N-dealkylation sites (N-methyl/N-ethyl adjacent to an activating group) is 1. The van der Waals surface area contributed by atoms with Crippen molar-refractivity contribution in [2.24, 2.45) is 5.73 Å². The lowest BCUT2D eigenvalue weighted by Crippen LogP contribution is -2.49. The summed E-state index contributed by atoms with van der Waals surface area (Å²) in [7, 11) is 0. The van der Waals surface area contributed by atoms with Gasteiger partial charge in [-0.05, 0) is 38.0 Å². The normalized spacial score (nSPS) is 11.6. The minimum absolute atomic E-state index is 0.192. The Morgan fingerprint density at radius 2 is 1.88 bits per heavy atom. The Bertz CT molecular complexity index is 348. The van der Waals surface area contributed by atoms with Crippen molar-refractivity contribution in [1.82, 2.24) is 0 Å². The van der Waals surface area contributed by atoms with Crippen LogP contribution in [0.2, 0.25) is 0 Å². The summed E-state index contributed by atoms with van der Waals surface area (Å²) in [6.45, 7) is 7.87. The number of nitrogens with zero attached hydrogens (tertiary/aromatic N) is 1. The predicted molar refractivity (Wildman–Crippen MR) is 71.8 cm³/mol. The molecule has 0 aliphatic rings. The molecular formula is C14H23FN2. The highest BCUT2D eigenvalue weighted by atomic mass is 19.1. The van der Waals surface area contributed by atoms with Crippen molar-refractivity contribution in [1.29, 1.82) is 0 Å². The summed E-state index contributed by atoms with van der Waals surface area (Å²) in [4.78, 5) is 2.13. The molecule has 0 bridgehead atoms. The molecule has 0 aliphatic carbocycles. The maximum atomic E-state index is 13.2. The van der Waals surface area contributed by atoms with Crippen molar-refractivity contribution < 1.29 is 4.39 Å². The smallest absolute Gasteiger partial charge is 0.125 e. The van der Waals surface area contributed by atoms with Crippen LogP contribution in [-0.2, 0) is 0 Å². The van der Waals surface area contributed by atoms with Gasteiger partial charge in [-0.1, -0.05) is 19.9 Å². The van der Waals surface area contributed by atoms with Crippen molar-refractivity contribution in [2.75, 3.05) is 18.0 Å². The van der Waals surface area contributed by atoms with Crippen LogP contribution >= 0.6 is 0 Å². The molecule has 0 amide bonds. The maximum Gasteiger partial charge on any atom is 0.125 e. The molecule has 0 spiro atoms. The van der Waals surface area contributed by atoms with E-state index in [0.717, 1.165) is 31.6 Å². The fourth-order valence-electron chi connectivity index (χ4n) is 1.91. The van der Waals surface area contributed by atoms with Gasteiger partial charge >= 0.3 is 0 Å². The Kier molecular flexibility index (Phi) is 4.94. The fourth-order valence-corrected chi connectivity index (χ4v) is 1.91. The molecule has 2 nitrogen and oxygen atoms in total. The quantitative estimate of drug-likeness (QED) is 0.824. The van der Waals surface area contributed by atoms with Gasteiger partial charge in [0.05, 0.1) is 0 Å². The van der Waals surface area contributed by atoms with Gasteiger partial charge in [-0.2, -0.15) is 0 Å². The van der Waals surface area contributed by atoms with Crippen LogP contribution in [0.4, 0.5) is 10.1 Å². The highest BCUT2D eigenvalue weighted by Gasteiger charge is 2.23. The Labute approximate surface area is 104 Å². The van der Waals surface area contributed by atoms with E-state index >= 15 is 0 Å². The molecule has 1 aromatic carbocycles. The van der Waals surface area contributed by atoms with Crippen LogP contribution in [0.5, 0.6) is 0 Å². The zero-order chi connectivity index (χ0) is 12.9. The van der Waals surface area contributed by atoms with E-state index in [0.29, 0.717) is 0 Å². The Morgan fingerprint density at radius 3 is 2.35 bits per heavy atom. The molecule has 0 aliphatic heterocycles. The van der Waals surface area contributed by atoms with Gasteiger partial charge in [0.25, 0.3) is 0 Å². The predicted octanol–water partition coefficient (Wildman–Crippen LogP) is 3.17. The summed E-state index contributed by atoms with van der Waals surface area (Å²) in [5, 5.41) is 0. The third-order valence-corrected chi connectivity index (χ3v) is 3.47. The van der Waals surface area contributed by atoms with Crippen LogP contribution in [-0.4, -0.2) is 18.6 Å². The summed E-state index contributed by atoms with van der Waals surface area (Å²) in [6.07, 6.45) is 1.85. The molecule has 0 aromatic heterocycles. The van der Waals surface area contributed by atoms with Crippen molar-refractivity contribution in [3.63, 3.8) is 0 Å². The van der Waals surface area contributed by atoms with E-state index in [-0.39, 0.29) is 11.4 Å². The first kappa shape index (κ1) is 14.0. The van der Waals surface area contributed by atoms with Crippen LogP contribution in [0, 0.1) is 5.82 Å². The Morgan fingerprint density at radius 1 is 1.24 bits per heavy atom. The largest absolute Gasteiger partial charge is 0.370 e. The summed E-state index contributed by atoms with van der Waals surface area (Å²) in [5.74, 6) is -0.198. The number of benzene rings is 1. The molecule has 0 saturated heterocycles. The van der Waals surface area contributed by atoms with Gasteiger partial charge in [-0.25, -0.2) is 4.39 Å². The lowest BCUT2D eigenvalue weighted by Gasteiger charge is -2.35. The van der Waals surface area contributed by atoms with Gasteiger partial charge in [0, 0.05) is 24.3 Å². The zero-order valence-corrected chi connectivity index (χ0v) is 11.0. The molecule has 17 heavy (non-hydrogen) atoms. The van der Waals surface area contributed by atoms with E-state index in [1.807, 2.05) is 6.07 Å². The summed E-state index contributed by atoms with van der Waals surface area (Å²) < 4.78 is 13.2. The number of anilines is 1. The number of hydrogen-bond donors (Lipinski definition) is 1. The second-order valence-corrected chi connectivity index (χ2v) is 4.56. The molecule has 1 rings (SSSR count). The third-order valence-electron chi connectivity index (χ3n) is 3.47. The summed E-state index contributed by atoms with van der Waals surface area (Å²) in [6, 6.07) is 6.70. The second kappa shape index (κ2) is 6.01. The molecule has 0 saturated carbocycles. The van der Waals surface area contributed by atoms with Crippen LogP contribution in [0.3, 0.4) is 0 Å². The Hall–Kier alpha value is -1.09. The first-order valence-electron chi connectivity index (χ1n) is 6.34. The lowest BCUT2D eigenvalue weighted by molar-refractivity contribution is 0.395. The molecular weight excluding hydrogens is 215 g/mol. The van der Waals surface area contributed by atoms with Crippen LogP contribution < -0.4 is 10.6 Å². The van der Waals surface area contributed by atoms with Crippen LogP contribution in [0.15, 0.2) is 24.3 Å². The topological polar surface area (TPSA) is 29.3 Å². The van der Waals surface area contributed by atoms with Gasteiger partial charge in [-0.3, -0.25) is 0 Å². The minimum atomic E-state index is -0.198. The van der Waals surface area contributed by atoms with E-state index in [2.05, 4.69) is 25.7 Å². The average Bonchev–Trinajstić information content (AvgIpc) is 2.35. The highest BCUT2D eigenvalue weighted by molar-refractivity contribution is 5.46. The van der Waals surface area contributed by atoms with Crippen molar-refractivity contribution in [2.45, 2.75) is 39.2 Å². The average molecular weight is 238 g/mol. The summed E-state index contributed by atoms with van der Waals surface area (Å²) in [5.41, 5.74) is 7.03. The SMILES string of the molecule is CCN(CC(N)(CC)CC)c1cccc(F)c1. The van der Waals surface area contributed by atoms with E-state index in [1.165, 1.54) is 6.07 Å². The number of nitrogens with two attached hydrogens (primary N) is 1.